The topological polar surface area (TPSA) is 49.6 Å². The first-order chi connectivity index (χ1) is 7.23. The van der Waals surface area contributed by atoms with Crippen molar-refractivity contribution in [2.24, 2.45) is 11.1 Å². The van der Waals surface area contributed by atoms with Gasteiger partial charge in [0.1, 0.15) is 0 Å². The molecule has 1 unspecified atom stereocenters. The van der Waals surface area contributed by atoms with Crippen LogP contribution >= 0.6 is 0 Å². The van der Waals surface area contributed by atoms with Gasteiger partial charge in [-0.15, -0.1) is 0 Å². The number of carbonyl (C=O) groups is 1. The molecule has 4 heteroatoms. The van der Waals surface area contributed by atoms with E-state index in [0.29, 0.717) is 13.1 Å². The Hall–Kier alpha value is -0.610. The number of hydrogen-bond acceptors (Lipinski definition) is 3. The second kappa shape index (κ2) is 6.21. The van der Waals surface area contributed by atoms with Crippen LogP contribution in [0.4, 0.5) is 0 Å². The van der Waals surface area contributed by atoms with Gasteiger partial charge in [0.15, 0.2) is 0 Å². The Morgan fingerprint density at radius 1 is 1.31 bits per heavy atom. The lowest BCUT2D eigenvalue weighted by molar-refractivity contribution is -0.130. The Labute approximate surface area is 99.8 Å². The number of hydrogen-bond donors (Lipinski definition) is 1. The fourth-order valence-electron chi connectivity index (χ4n) is 1.81. The van der Waals surface area contributed by atoms with Crippen molar-refractivity contribution >= 4 is 5.91 Å². The first-order valence-corrected chi connectivity index (χ1v) is 5.88. The van der Waals surface area contributed by atoms with Crippen LogP contribution in [0.25, 0.3) is 0 Å². The van der Waals surface area contributed by atoms with Crippen molar-refractivity contribution < 1.29 is 4.79 Å². The lowest BCUT2D eigenvalue weighted by Crippen LogP contribution is -2.51. The monoisotopic (exact) mass is 229 g/mol. The predicted molar refractivity (Wildman–Crippen MR) is 68.2 cm³/mol. The fraction of sp³-hybridized carbons (Fsp3) is 0.917. The molecule has 1 atom stereocenters. The fourth-order valence-corrected chi connectivity index (χ4v) is 1.81. The third-order valence-corrected chi connectivity index (χ3v) is 2.91. The molecule has 0 rings (SSSR count). The molecule has 0 aliphatic carbocycles. The largest absolute Gasteiger partial charge is 0.348 e. The molecule has 4 nitrogen and oxygen atoms in total. The SMILES string of the molecule is CCN(CC(=O)N(C)C)C(CN)C(C)(C)C. The van der Waals surface area contributed by atoms with Gasteiger partial charge in [0.25, 0.3) is 0 Å². The van der Waals surface area contributed by atoms with Crippen molar-refractivity contribution in [1.29, 1.82) is 0 Å². The molecule has 0 aliphatic heterocycles. The number of nitrogens with two attached hydrogens (primary N) is 1. The zero-order chi connectivity index (χ0) is 12.9. The molecular weight excluding hydrogens is 202 g/mol. The minimum atomic E-state index is 0.0946. The molecule has 0 aromatic carbocycles. The van der Waals surface area contributed by atoms with Crippen LogP contribution in [0, 0.1) is 5.41 Å². The molecule has 0 saturated heterocycles. The third kappa shape index (κ3) is 4.49. The van der Waals surface area contributed by atoms with Gasteiger partial charge >= 0.3 is 0 Å². The van der Waals surface area contributed by atoms with Gasteiger partial charge in [-0.2, -0.15) is 0 Å². The van der Waals surface area contributed by atoms with Crippen LogP contribution in [0.1, 0.15) is 27.7 Å². The summed E-state index contributed by atoms with van der Waals surface area (Å²) < 4.78 is 0. The molecule has 0 saturated carbocycles. The normalized spacial score (nSPS) is 14.0. The van der Waals surface area contributed by atoms with Crippen molar-refractivity contribution in [2.75, 3.05) is 33.7 Å². The van der Waals surface area contributed by atoms with Crippen LogP contribution in [0.15, 0.2) is 0 Å². The first-order valence-electron chi connectivity index (χ1n) is 5.88. The standard InChI is InChI=1S/C12H27N3O/c1-7-15(9-11(16)14(5)6)10(8-13)12(2,3)4/h10H,7-9,13H2,1-6H3. The van der Waals surface area contributed by atoms with Gasteiger partial charge < -0.3 is 10.6 Å². The summed E-state index contributed by atoms with van der Waals surface area (Å²) in [6.45, 7) is 10.4. The first kappa shape index (κ1) is 15.4. The predicted octanol–water partition coefficient (Wildman–Crippen LogP) is 0.770. The molecule has 0 aromatic rings. The molecule has 0 spiro atoms. The Kier molecular flexibility index (Phi) is 5.97. The highest BCUT2D eigenvalue weighted by Crippen LogP contribution is 2.23. The Balaban J connectivity index is 4.64. The van der Waals surface area contributed by atoms with E-state index in [2.05, 4.69) is 32.6 Å². The molecule has 1 amide bonds. The molecule has 0 heterocycles. The quantitative estimate of drug-likeness (QED) is 0.757. The molecule has 0 aromatic heterocycles. The van der Waals surface area contributed by atoms with Crippen molar-refractivity contribution in [3.63, 3.8) is 0 Å². The molecule has 0 aliphatic rings. The van der Waals surface area contributed by atoms with E-state index >= 15 is 0 Å². The summed E-state index contributed by atoms with van der Waals surface area (Å²) in [6.07, 6.45) is 0. The number of likely N-dealkylation sites (N-methyl/N-ethyl adjacent to an activating group) is 2. The van der Waals surface area contributed by atoms with Crippen molar-refractivity contribution in [3.8, 4) is 0 Å². The number of nitrogens with zero attached hydrogens (tertiary/aromatic N) is 2. The van der Waals surface area contributed by atoms with Crippen LogP contribution in [0.5, 0.6) is 0 Å². The van der Waals surface area contributed by atoms with E-state index in [4.69, 9.17) is 5.73 Å². The van der Waals surface area contributed by atoms with Gasteiger partial charge in [-0.3, -0.25) is 9.69 Å². The van der Waals surface area contributed by atoms with E-state index in [0.717, 1.165) is 6.54 Å². The average Bonchev–Trinajstić information content (AvgIpc) is 2.14. The highest BCUT2D eigenvalue weighted by molar-refractivity contribution is 5.77. The smallest absolute Gasteiger partial charge is 0.236 e. The molecule has 0 bridgehead atoms. The van der Waals surface area contributed by atoms with Gasteiger partial charge in [-0.25, -0.2) is 0 Å². The van der Waals surface area contributed by atoms with E-state index < -0.39 is 0 Å². The van der Waals surface area contributed by atoms with Crippen molar-refractivity contribution in [2.45, 2.75) is 33.7 Å². The highest BCUT2D eigenvalue weighted by atomic mass is 16.2. The molecular formula is C12H27N3O. The summed E-state index contributed by atoms with van der Waals surface area (Å²) in [6, 6.07) is 0.237. The highest BCUT2D eigenvalue weighted by Gasteiger charge is 2.29. The van der Waals surface area contributed by atoms with E-state index in [1.165, 1.54) is 0 Å². The summed E-state index contributed by atoms with van der Waals surface area (Å²) in [5.74, 6) is 0.129. The molecule has 96 valence electrons. The molecule has 16 heavy (non-hydrogen) atoms. The average molecular weight is 229 g/mol. The van der Waals surface area contributed by atoms with Crippen LogP contribution in [-0.2, 0) is 4.79 Å². The lowest BCUT2D eigenvalue weighted by Gasteiger charge is -2.39. The summed E-state index contributed by atoms with van der Waals surface area (Å²) >= 11 is 0. The molecule has 2 N–H and O–H groups in total. The Morgan fingerprint density at radius 2 is 1.81 bits per heavy atom. The number of rotatable bonds is 5. The second-order valence-corrected chi connectivity index (χ2v) is 5.47. The van der Waals surface area contributed by atoms with E-state index in [9.17, 15) is 4.79 Å². The Bertz CT molecular complexity index is 221. The zero-order valence-corrected chi connectivity index (χ0v) is 11.6. The minimum absolute atomic E-state index is 0.0946. The Morgan fingerprint density at radius 3 is 2.06 bits per heavy atom. The van der Waals surface area contributed by atoms with Crippen LogP contribution < -0.4 is 5.73 Å². The number of carbonyl (C=O) groups excluding carboxylic acids is 1. The maximum Gasteiger partial charge on any atom is 0.236 e. The second-order valence-electron chi connectivity index (χ2n) is 5.47. The van der Waals surface area contributed by atoms with E-state index in [1.807, 2.05) is 0 Å². The molecule has 0 radical (unpaired) electrons. The van der Waals surface area contributed by atoms with Crippen LogP contribution in [-0.4, -0.2) is 55.5 Å². The zero-order valence-electron chi connectivity index (χ0n) is 11.6. The van der Waals surface area contributed by atoms with E-state index in [1.54, 1.807) is 19.0 Å². The minimum Gasteiger partial charge on any atom is -0.348 e. The van der Waals surface area contributed by atoms with Gasteiger partial charge in [0, 0.05) is 26.7 Å². The van der Waals surface area contributed by atoms with Crippen molar-refractivity contribution in [1.82, 2.24) is 9.80 Å². The summed E-state index contributed by atoms with van der Waals surface area (Å²) in [5, 5.41) is 0. The van der Waals surface area contributed by atoms with Crippen LogP contribution in [0.2, 0.25) is 0 Å². The third-order valence-electron chi connectivity index (χ3n) is 2.91. The van der Waals surface area contributed by atoms with Crippen molar-refractivity contribution in [3.05, 3.63) is 0 Å². The lowest BCUT2D eigenvalue weighted by atomic mass is 9.85. The van der Waals surface area contributed by atoms with Gasteiger partial charge in [-0.05, 0) is 12.0 Å². The van der Waals surface area contributed by atoms with E-state index in [-0.39, 0.29) is 17.4 Å². The molecule has 0 fully saturated rings. The maximum atomic E-state index is 11.7. The van der Waals surface area contributed by atoms with Gasteiger partial charge in [0.05, 0.1) is 6.54 Å². The summed E-state index contributed by atoms with van der Waals surface area (Å²) in [5.41, 5.74) is 5.92. The van der Waals surface area contributed by atoms with Gasteiger partial charge in [-0.1, -0.05) is 27.7 Å². The maximum absolute atomic E-state index is 11.7. The van der Waals surface area contributed by atoms with Gasteiger partial charge in [0.2, 0.25) is 5.91 Å². The number of amides is 1. The van der Waals surface area contributed by atoms with Crippen LogP contribution in [0.3, 0.4) is 0 Å². The summed E-state index contributed by atoms with van der Waals surface area (Å²) in [7, 11) is 3.56. The summed E-state index contributed by atoms with van der Waals surface area (Å²) in [4.78, 5) is 15.5.